The molecule has 2 aromatic carbocycles. The molecule has 0 bridgehead atoms. The Morgan fingerprint density at radius 2 is 1.94 bits per heavy atom. The van der Waals surface area contributed by atoms with Crippen LogP contribution in [-0.2, 0) is 4.79 Å². The number of thiocarbonyl (C=S) groups is 1. The largest absolute Gasteiger partial charge is 0.495 e. The van der Waals surface area contributed by atoms with Crippen molar-refractivity contribution in [3.8, 4) is 11.4 Å². The predicted molar refractivity (Wildman–Crippen MR) is 146 cm³/mol. The molecule has 4 aromatic rings. The van der Waals surface area contributed by atoms with Gasteiger partial charge < -0.3 is 24.8 Å². The van der Waals surface area contributed by atoms with Gasteiger partial charge in [-0.15, -0.1) is 0 Å². The number of ether oxygens (including phenoxy) is 1. The maximum absolute atomic E-state index is 11.9. The smallest absolute Gasteiger partial charge is 0.221 e. The van der Waals surface area contributed by atoms with Crippen LogP contribution in [0.15, 0.2) is 85.2 Å². The Morgan fingerprint density at radius 3 is 2.67 bits per heavy atom. The number of benzene rings is 2. The molecule has 0 unspecified atom stereocenters. The summed E-state index contributed by atoms with van der Waals surface area (Å²) in [6.45, 7) is 1.46. The zero-order valence-corrected chi connectivity index (χ0v) is 21.3. The molecular weight excluding hydrogens is 494 g/mol. The van der Waals surface area contributed by atoms with E-state index in [9.17, 15) is 4.79 Å². The molecule has 3 heterocycles. The highest BCUT2D eigenvalue weighted by Gasteiger charge is 2.42. The summed E-state index contributed by atoms with van der Waals surface area (Å²) in [5.41, 5.74) is 4.17. The van der Waals surface area contributed by atoms with Crippen molar-refractivity contribution in [1.29, 1.82) is 0 Å². The zero-order chi connectivity index (χ0) is 25.2. The predicted octanol–water partition coefficient (Wildman–Crippen LogP) is 5.67. The van der Waals surface area contributed by atoms with Crippen molar-refractivity contribution in [3.05, 3.63) is 102 Å². The fraction of sp³-hybridized carbons (Fsp3) is 0.148. The van der Waals surface area contributed by atoms with Crippen molar-refractivity contribution >= 4 is 46.2 Å². The van der Waals surface area contributed by atoms with Crippen LogP contribution in [-0.4, -0.2) is 27.7 Å². The molecule has 36 heavy (non-hydrogen) atoms. The summed E-state index contributed by atoms with van der Waals surface area (Å²) in [6.07, 6.45) is 3.78. The lowest BCUT2D eigenvalue weighted by Crippen LogP contribution is -2.30. The van der Waals surface area contributed by atoms with Crippen LogP contribution in [0.25, 0.3) is 5.69 Å². The number of hydrogen-bond acceptors (Lipinski definition) is 4. The van der Waals surface area contributed by atoms with Gasteiger partial charge in [-0.05, 0) is 72.9 Å². The molecular formula is C27H24ClN5O2S. The van der Waals surface area contributed by atoms with Gasteiger partial charge in [0.25, 0.3) is 0 Å². The van der Waals surface area contributed by atoms with Crippen LogP contribution >= 0.6 is 23.8 Å². The number of anilines is 2. The van der Waals surface area contributed by atoms with E-state index in [-0.39, 0.29) is 18.0 Å². The highest BCUT2D eigenvalue weighted by molar-refractivity contribution is 7.80. The van der Waals surface area contributed by atoms with E-state index in [4.69, 9.17) is 28.6 Å². The van der Waals surface area contributed by atoms with E-state index in [0.29, 0.717) is 21.6 Å². The number of amides is 1. The molecule has 1 saturated heterocycles. The Kier molecular flexibility index (Phi) is 6.63. The second-order valence-electron chi connectivity index (χ2n) is 8.35. The minimum Gasteiger partial charge on any atom is -0.495 e. The normalized spacial score (nSPS) is 17.1. The van der Waals surface area contributed by atoms with E-state index >= 15 is 0 Å². The van der Waals surface area contributed by atoms with Gasteiger partial charge >= 0.3 is 0 Å². The van der Waals surface area contributed by atoms with E-state index in [2.05, 4.69) is 31.2 Å². The molecule has 0 saturated carbocycles. The lowest BCUT2D eigenvalue weighted by molar-refractivity contribution is -0.114. The van der Waals surface area contributed by atoms with Crippen LogP contribution in [0.4, 0.5) is 11.4 Å². The Morgan fingerprint density at radius 1 is 1.08 bits per heavy atom. The molecule has 7 nitrogen and oxygen atoms in total. The summed E-state index contributed by atoms with van der Waals surface area (Å²) < 4.78 is 7.56. The van der Waals surface area contributed by atoms with Crippen molar-refractivity contribution in [2.75, 3.05) is 17.3 Å². The topological polar surface area (TPSA) is 71.4 Å². The van der Waals surface area contributed by atoms with Crippen molar-refractivity contribution in [2.45, 2.75) is 19.0 Å². The number of nitrogens with one attached hydrogen (secondary N) is 2. The van der Waals surface area contributed by atoms with Crippen molar-refractivity contribution in [2.24, 2.45) is 0 Å². The number of carbonyl (C=O) groups is 1. The Bertz CT molecular complexity index is 1420. The van der Waals surface area contributed by atoms with Crippen molar-refractivity contribution in [3.63, 3.8) is 0 Å². The Labute approximate surface area is 219 Å². The van der Waals surface area contributed by atoms with Crippen LogP contribution in [0, 0.1) is 0 Å². The van der Waals surface area contributed by atoms with Gasteiger partial charge in [0.05, 0.1) is 24.5 Å². The van der Waals surface area contributed by atoms with Gasteiger partial charge in [0.1, 0.15) is 11.8 Å². The second-order valence-corrected chi connectivity index (χ2v) is 9.17. The Balaban J connectivity index is 1.66. The number of carbonyl (C=O) groups excluding carboxylic acids is 1. The van der Waals surface area contributed by atoms with Crippen molar-refractivity contribution < 1.29 is 9.53 Å². The van der Waals surface area contributed by atoms with Crippen LogP contribution in [0.1, 0.15) is 30.4 Å². The lowest BCUT2D eigenvalue weighted by atomic mass is 10.0. The zero-order valence-electron chi connectivity index (χ0n) is 19.7. The van der Waals surface area contributed by atoms with Gasteiger partial charge in [-0.2, -0.15) is 0 Å². The number of pyridine rings is 1. The molecule has 2 aromatic heterocycles. The highest BCUT2D eigenvalue weighted by Crippen LogP contribution is 2.43. The molecule has 9 heteroatoms. The van der Waals surface area contributed by atoms with Crippen LogP contribution < -0.4 is 20.3 Å². The van der Waals surface area contributed by atoms with Gasteiger partial charge in [-0.1, -0.05) is 23.7 Å². The monoisotopic (exact) mass is 517 g/mol. The molecule has 2 atom stereocenters. The quantitative estimate of drug-likeness (QED) is 0.321. The molecule has 0 aliphatic carbocycles. The van der Waals surface area contributed by atoms with E-state index in [1.54, 1.807) is 13.3 Å². The number of rotatable bonds is 6. The Hall–Kier alpha value is -3.88. The third-order valence-electron chi connectivity index (χ3n) is 6.04. The highest BCUT2D eigenvalue weighted by atomic mass is 35.5. The first kappa shape index (κ1) is 23.8. The van der Waals surface area contributed by atoms with Crippen molar-refractivity contribution in [1.82, 2.24) is 14.9 Å². The summed E-state index contributed by atoms with van der Waals surface area (Å²) in [5.74, 6) is 0.373. The van der Waals surface area contributed by atoms with Gasteiger partial charge in [-0.25, -0.2) is 0 Å². The summed E-state index contributed by atoms with van der Waals surface area (Å²) in [5, 5.41) is 7.53. The fourth-order valence-electron chi connectivity index (χ4n) is 4.56. The molecule has 0 radical (unpaired) electrons. The number of aromatic nitrogens is 2. The second kappa shape index (κ2) is 10.0. The summed E-state index contributed by atoms with van der Waals surface area (Å²) in [7, 11) is 1.57. The molecule has 2 N–H and O–H groups in total. The maximum Gasteiger partial charge on any atom is 0.221 e. The van der Waals surface area contributed by atoms with Gasteiger partial charge in [0.2, 0.25) is 5.91 Å². The van der Waals surface area contributed by atoms with E-state index in [1.165, 1.54) is 6.92 Å². The first-order valence-electron chi connectivity index (χ1n) is 11.4. The summed E-state index contributed by atoms with van der Waals surface area (Å²) in [6, 6.07) is 22.8. The average Bonchev–Trinajstić information content (AvgIpc) is 3.48. The maximum atomic E-state index is 11.9. The fourth-order valence-corrected chi connectivity index (χ4v) is 5.09. The van der Waals surface area contributed by atoms with Gasteiger partial charge in [0, 0.05) is 41.4 Å². The molecule has 1 fully saturated rings. The number of nitrogens with zero attached hydrogens (tertiary/aromatic N) is 3. The SMILES string of the molecule is COc1ccc(N2C(=S)N[C@@H](c3ccccn3)[C@H]2c2cccn2-c2cccc(Cl)c2)cc1NC(C)=O. The summed E-state index contributed by atoms with van der Waals surface area (Å²) >= 11 is 12.2. The third kappa shape index (κ3) is 4.53. The van der Waals surface area contributed by atoms with Gasteiger partial charge in [0.15, 0.2) is 5.11 Å². The standard InChI is InChI=1S/C27H24ClN5O2S/c1-17(34)30-22-16-20(11-12-24(22)35-2)33-26(25(31-27(33)36)21-9-3-4-13-29-21)23-10-6-14-32(23)19-8-5-7-18(28)15-19/h3-16,25-26H,1-2H3,(H,30,34)(H,31,36)/t25-,26+/m0/s1. The molecule has 1 amide bonds. The summed E-state index contributed by atoms with van der Waals surface area (Å²) in [4.78, 5) is 18.5. The van der Waals surface area contributed by atoms with Crippen LogP contribution in [0.3, 0.4) is 0 Å². The van der Waals surface area contributed by atoms with Gasteiger partial charge in [-0.3, -0.25) is 9.78 Å². The van der Waals surface area contributed by atoms with Crippen LogP contribution in [0.5, 0.6) is 5.75 Å². The van der Waals surface area contributed by atoms with E-state index < -0.39 is 0 Å². The number of halogens is 1. The first-order valence-corrected chi connectivity index (χ1v) is 12.1. The lowest BCUT2D eigenvalue weighted by Gasteiger charge is -2.29. The molecule has 5 rings (SSSR count). The molecule has 182 valence electrons. The van der Waals surface area contributed by atoms with E-state index in [0.717, 1.165) is 22.8 Å². The third-order valence-corrected chi connectivity index (χ3v) is 6.59. The molecule has 0 spiro atoms. The minimum atomic E-state index is -0.250. The minimum absolute atomic E-state index is 0.190. The van der Waals surface area contributed by atoms with Crippen LogP contribution in [0.2, 0.25) is 5.02 Å². The average molecular weight is 518 g/mol. The first-order chi connectivity index (χ1) is 17.5. The molecule has 1 aliphatic heterocycles. The van der Waals surface area contributed by atoms with E-state index in [1.807, 2.05) is 72.9 Å². The number of methoxy groups -OCH3 is 1. The number of hydrogen-bond donors (Lipinski definition) is 2. The molecule has 1 aliphatic rings.